The molecule has 2 rings (SSSR count). The van der Waals surface area contributed by atoms with Gasteiger partial charge in [0.15, 0.2) is 0 Å². The molecule has 0 amide bonds. The molecule has 1 heterocycles. The van der Waals surface area contributed by atoms with E-state index in [0.717, 1.165) is 12.1 Å². The zero-order valence-corrected chi connectivity index (χ0v) is 9.57. The monoisotopic (exact) mass is 221 g/mol. The number of allylic oxidation sites excluding steroid dienone is 1. The van der Waals surface area contributed by atoms with Gasteiger partial charge < -0.3 is 5.11 Å². The molecule has 1 N–H and O–H groups in total. The van der Waals surface area contributed by atoms with Crippen LogP contribution in [-0.4, -0.2) is 21.6 Å². The topological polar surface area (TPSA) is 33.1 Å². The van der Waals surface area contributed by atoms with E-state index in [-0.39, 0.29) is 5.75 Å². The molecule has 2 unspecified atom stereocenters. The van der Waals surface area contributed by atoms with Gasteiger partial charge in [-0.25, -0.2) is 0 Å². The Labute approximate surface area is 94.4 Å². The Hall–Kier alpha value is -0.960. The fourth-order valence-corrected chi connectivity index (χ4v) is 2.47. The van der Waals surface area contributed by atoms with Crippen molar-refractivity contribution in [2.45, 2.75) is 24.0 Å². The molecule has 1 aliphatic rings. The second-order valence-corrected chi connectivity index (χ2v) is 4.86. The minimum absolute atomic E-state index is 0.237. The Balaban J connectivity index is 2.10. The van der Waals surface area contributed by atoms with Crippen molar-refractivity contribution in [3.63, 3.8) is 0 Å². The number of rotatable bonds is 2. The Morgan fingerprint density at radius 3 is 2.73 bits per heavy atom. The molecule has 0 saturated heterocycles. The molecule has 1 aromatic rings. The van der Waals surface area contributed by atoms with Crippen molar-refractivity contribution in [3.8, 4) is 5.75 Å². The maximum atomic E-state index is 9.15. The van der Waals surface area contributed by atoms with Gasteiger partial charge in [0.2, 0.25) is 0 Å². The van der Waals surface area contributed by atoms with Gasteiger partial charge >= 0.3 is 0 Å². The molecule has 3 heteroatoms. The predicted octanol–water partition coefficient (Wildman–Crippen LogP) is 2.95. The highest BCUT2D eigenvalue weighted by Gasteiger charge is 2.17. The third-order valence-corrected chi connectivity index (χ3v) is 3.77. The lowest BCUT2D eigenvalue weighted by atomic mass is 9.92. The van der Waals surface area contributed by atoms with Gasteiger partial charge in [-0.2, -0.15) is 11.8 Å². The molecule has 0 bridgehead atoms. The fraction of sp³-hybridized carbons (Fsp3) is 0.417. The summed E-state index contributed by atoms with van der Waals surface area (Å²) < 4.78 is 0. The first-order chi connectivity index (χ1) is 7.29. The van der Waals surface area contributed by atoms with E-state index in [1.807, 2.05) is 17.8 Å². The molecule has 2 atom stereocenters. The Morgan fingerprint density at radius 1 is 1.33 bits per heavy atom. The van der Waals surface area contributed by atoms with E-state index in [4.69, 9.17) is 5.11 Å². The van der Waals surface area contributed by atoms with Crippen molar-refractivity contribution >= 4 is 11.8 Å². The molecule has 0 radical (unpaired) electrons. The fourth-order valence-electron chi connectivity index (χ4n) is 1.85. The van der Waals surface area contributed by atoms with Crippen molar-refractivity contribution in [1.29, 1.82) is 0 Å². The van der Waals surface area contributed by atoms with E-state index in [2.05, 4.69) is 23.4 Å². The maximum Gasteiger partial charge on any atom is 0.133 e. The number of aromatic hydroxyl groups is 1. The molecule has 1 aromatic heterocycles. The molecule has 1 aliphatic carbocycles. The van der Waals surface area contributed by atoms with Crippen LogP contribution in [-0.2, 0) is 0 Å². The van der Waals surface area contributed by atoms with Gasteiger partial charge in [0.05, 0.1) is 6.20 Å². The molecular weight excluding hydrogens is 206 g/mol. The third-order valence-electron chi connectivity index (χ3n) is 2.77. The van der Waals surface area contributed by atoms with E-state index < -0.39 is 0 Å². The number of thioether (sulfide) groups is 1. The first kappa shape index (κ1) is 10.6. The van der Waals surface area contributed by atoms with Crippen LogP contribution in [0.5, 0.6) is 5.75 Å². The standard InChI is InChI=1S/C12H15NOS/c1-15-11-5-2-9(3-6-11)12-7-4-10(14)8-13-12/h2,4-5,7-9,11,14H,3,6H2,1H3. The summed E-state index contributed by atoms with van der Waals surface area (Å²) in [6, 6.07) is 3.61. The highest BCUT2D eigenvalue weighted by atomic mass is 32.2. The minimum atomic E-state index is 0.237. The first-order valence-electron chi connectivity index (χ1n) is 5.15. The van der Waals surface area contributed by atoms with Crippen LogP contribution in [0, 0.1) is 0 Å². The molecule has 0 spiro atoms. The van der Waals surface area contributed by atoms with E-state index in [9.17, 15) is 0 Å². The number of pyridine rings is 1. The van der Waals surface area contributed by atoms with Crippen LogP contribution in [0.15, 0.2) is 30.5 Å². The van der Waals surface area contributed by atoms with Gasteiger partial charge in [-0.1, -0.05) is 12.2 Å². The maximum absolute atomic E-state index is 9.15. The smallest absolute Gasteiger partial charge is 0.133 e. The average Bonchev–Trinajstić information content (AvgIpc) is 2.30. The Bertz CT molecular complexity index is 347. The van der Waals surface area contributed by atoms with Crippen LogP contribution >= 0.6 is 11.8 Å². The van der Waals surface area contributed by atoms with Crippen LogP contribution in [0.25, 0.3) is 0 Å². The zero-order valence-electron chi connectivity index (χ0n) is 8.76. The molecule has 0 fully saturated rings. The van der Waals surface area contributed by atoms with Crippen LogP contribution in [0.2, 0.25) is 0 Å². The highest BCUT2D eigenvalue weighted by molar-refractivity contribution is 7.99. The summed E-state index contributed by atoms with van der Waals surface area (Å²) in [5.74, 6) is 0.662. The van der Waals surface area contributed by atoms with Crippen LogP contribution in [0.4, 0.5) is 0 Å². The van der Waals surface area contributed by atoms with E-state index >= 15 is 0 Å². The molecular formula is C12H15NOS. The van der Waals surface area contributed by atoms with E-state index in [0.29, 0.717) is 11.2 Å². The predicted molar refractivity (Wildman–Crippen MR) is 64.3 cm³/mol. The summed E-state index contributed by atoms with van der Waals surface area (Å²) in [6.07, 6.45) is 10.5. The van der Waals surface area contributed by atoms with E-state index in [1.54, 1.807) is 6.07 Å². The van der Waals surface area contributed by atoms with Crippen LogP contribution in [0.3, 0.4) is 0 Å². The van der Waals surface area contributed by atoms with Crippen molar-refractivity contribution in [1.82, 2.24) is 4.98 Å². The van der Waals surface area contributed by atoms with Crippen molar-refractivity contribution in [2.75, 3.05) is 6.26 Å². The Kier molecular flexibility index (Phi) is 3.31. The molecule has 0 aromatic carbocycles. The molecule has 0 saturated carbocycles. The lowest BCUT2D eigenvalue weighted by molar-refractivity contribution is 0.471. The summed E-state index contributed by atoms with van der Waals surface area (Å²) in [4.78, 5) is 4.24. The lowest BCUT2D eigenvalue weighted by Crippen LogP contribution is -2.09. The second kappa shape index (κ2) is 4.71. The van der Waals surface area contributed by atoms with Crippen molar-refractivity contribution < 1.29 is 5.11 Å². The van der Waals surface area contributed by atoms with Gasteiger partial charge in [0.1, 0.15) is 5.75 Å². The number of hydrogen-bond acceptors (Lipinski definition) is 3. The number of nitrogens with zero attached hydrogens (tertiary/aromatic N) is 1. The van der Waals surface area contributed by atoms with Crippen molar-refractivity contribution in [3.05, 3.63) is 36.2 Å². The lowest BCUT2D eigenvalue weighted by Gasteiger charge is -2.21. The summed E-state index contributed by atoms with van der Waals surface area (Å²) in [7, 11) is 0. The molecule has 0 aliphatic heterocycles. The van der Waals surface area contributed by atoms with Gasteiger partial charge in [-0.3, -0.25) is 4.98 Å². The van der Waals surface area contributed by atoms with Crippen LogP contribution in [0.1, 0.15) is 24.5 Å². The summed E-state index contributed by atoms with van der Waals surface area (Å²) in [5, 5.41) is 9.82. The van der Waals surface area contributed by atoms with Crippen molar-refractivity contribution in [2.24, 2.45) is 0 Å². The van der Waals surface area contributed by atoms with Gasteiger partial charge in [0, 0.05) is 16.9 Å². The average molecular weight is 221 g/mol. The zero-order chi connectivity index (χ0) is 10.7. The molecule has 15 heavy (non-hydrogen) atoms. The van der Waals surface area contributed by atoms with E-state index in [1.165, 1.54) is 12.6 Å². The molecule has 80 valence electrons. The third kappa shape index (κ3) is 2.53. The SMILES string of the molecule is CSC1C=CC(c2ccc(O)cn2)CC1. The van der Waals surface area contributed by atoms with Gasteiger partial charge in [-0.15, -0.1) is 0 Å². The molecule has 2 nitrogen and oxygen atoms in total. The quantitative estimate of drug-likeness (QED) is 0.779. The number of aromatic nitrogens is 1. The first-order valence-corrected chi connectivity index (χ1v) is 6.44. The van der Waals surface area contributed by atoms with Crippen LogP contribution < -0.4 is 0 Å². The normalized spacial score (nSPS) is 25.4. The largest absolute Gasteiger partial charge is 0.506 e. The van der Waals surface area contributed by atoms with Gasteiger partial charge in [-0.05, 0) is 31.2 Å². The summed E-state index contributed by atoms with van der Waals surface area (Å²) >= 11 is 1.90. The summed E-state index contributed by atoms with van der Waals surface area (Å²) in [5.41, 5.74) is 1.06. The summed E-state index contributed by atoms with van der Waals surface area (Å²) in [6.45, 7) is 0. The second-order valence-electron chi connectivity index (χ2n) is 3.78. The van der Waals surface area contributed by atoms with Gasteiger partial charge in [0.25, 0.3) is 0 Å². The highest BCUT2D eigenvalue weighted by Crippen LogP contribution is 2.30. The Morgan fingerprint density at radius 2 is 2.20 bits per heavy atom. The number of hydrogen-bond donors (Lipinski definition) is 1. The minimum Gasteiger partial charge on any atom is -0.506 e.